The molecule has 1 unspecified atom stereocenters. The van der Waals surface area contributed by atoms with Crippen LogP contribution in [0, 0.1) is 24.4 Å². The normalized spacial score (nSPS) is 16.4. The fourth-order valence-electron chi connectivity index (χ4n) is 4.65. The van der Waals surface area contributed by atoms with Crippen LogP contribution in [0.25, 0.3) is 0 Å². The van der Waals surface area contributed by atoms with Gasteiger partial charge in [-0.3, -0.25) is 14.4 Å². The number of carbonyl (C=O) groups is 2. The van der Waals surface area contributed by atoms with Gasteiger partial charge in [0.05, 0.1) is 6.04 Å². The monoisotopic (exact) mass is 483 g/mol. The van der Waals surface area contributed by atoms with Crippen molar-refractivity contribution < 1.29 is 27.9 Å². The van der Waals surface area contributed by atoms with Crippen molar-refractivity contribution in [1.82, 2.24) is 14.8 Å². The predicted molar refractivity (Wildman–Crippen MR) is 119 cm³/mol. The van der Waals surface area contributed by atoms with Crippen molar-refractivity contribution in [1.29, 1.82) is 0 Å². The summed E-state index contributed by atoms with van der Waals surface area (Å²) >= 11 is 0. The molecule has 0 fully saturated rings. The zero-order chi connectivity index (χ0) is 25.0. The second-order valence-electron chi connectivity index (χ2n) is 8.83. The third-order valence-electron chi connectivity index (χ3n) is 6.48. The minimum Gasteiger partial charge on any atom is -0.503 e. The number of fused-ring (bicyclic) bond motifs is 5. The van der Waals surface area contributed by atoms with Gasteiger partial charge in [0.25, 0.3) is 11.8 Å². The van der Waals surface area contributed by atoms with Crippen LogP contribution in [0.2, 0.25) is 0 Å². The van der Waals surface area contributed by atoms with Gasteiger partial charge in [-0.05, 0) is 48.2 Å². The minimum absolute atomic E-state index is 0.0140. The van der Waals surface area contributed by atoms with Gasteiger partial charge in [0, 0.05) is 31.4 Å². The second kappa shape index (κ2) is 8.30. The van der Waals surface area contributed by atoms with Crippen LogP contribution in [0.1, 0.15) is 49.1 Å². The molecule has 35 heavy (non-hydrogen) atoms. The van der Waals surface area contributed by atoms with E-state index in [-0.39, 0.29) is 37.3 Å². The number of hydrogen-bond acceptors (Lipinski definition) is 4. The number of halogens is 3. The lowest BCUT2D eigenvalue weighted by Gasteiger charge is -2.34. The zero-order valence-corrected chi connectivity index (χ0v) is 18.6. The summed E-state index contributed by atoms with van der Waals surface area (Å²) < 4.78 is 43.2. The first-order chi connectivity index (χ1) is 16.6. The lowest BCUT2D eigenvalue weighted by molar-refractivity contribution is 0.0653. The molecule has 1 atom stereocenters. The standard InChI is InChI=1S/C25H20F3N3O4/c1-12-2-3-13(18(26)4-12)8-29-24(34)17-11-31-16-5-14-6-19(27)20(28)7-15(14)9-30(10-16)25(35)21(31)23(33)22(17)32/h2-4,6-7,11,16,33H,5,8-10H2,1H3,(H,29,34). The maximum absolute atomic E-state index is 14.1. The summed E-state index contributed by atoms with van der Waals surface area (Å²) in [7, 11) is 0. The third-order valence-corrected chi connectivity index (χ3v) is 6.48. The van der Waals surface area contributed by atoms with E-state index in [4.69, 9.17) is 0 Å². The highest BCUT2D eigenvalue weighted by Crippen LogP contribution is 2.34. The molecule has 2 aromatic carbocycles. The van der Waals surface area contributed by atoms with Gasteiger partial charge < -0.3 is 19.9 Å². The van der Waals surface area contributed by atoms with E-state index in [2.05, 4.69) is 5.32 Å². The Morgan fingerprint density at radius 2 is 1.80 bits per heavy atom. The number of aromatic nitrogens is 1. The SMILES string of the molecule is Cc1ccc(CNC(=O)c2cn3c(c(O)c2=O)C(=O)N2Cc4cc(F)c(F)cc4CC3C2)c(F)c1. The molecular weight excluding hydrogens is 463 g/mol. The molecule has 3 aromatic rings. The average Bonchev–Trinajstić information content (AvgIpc) is 2.96. The molecule has 2 aliphatic rings. The zero-order valence-electron chi connectivity index (χ0n) is 18.6. The van der Waals surface area contributed by atoms with Crippen LogP contribution in [0.5, 0.6) is 5.75 Å². The van der Waals surface area contributed by atoms with Crippen LogP contribution in [0.4, 0.5) is 13.2 Å². The molecular formula is C25H20F3N3O4. The summed E-state index contributed by atoms with van der Waals surface area (Å²) in [6, 6.07) is 6.08. The van der Waals surface area contributed by atoms with Crippen LogP contribution >= 0.6 is 0 Å². The van der Waals surface area contributed by atoms with Gasteiger partial charge in [-0.15, -0.1) is 0 Å². The number of nitrogens with zero attached hydrogens (tertiary/aromatic N) is 2. The van der Waals surface area contributed by atoms with E-state index in [1.54, 1.807) is 13.0 Å². The molecule has 180 valence electrons. The van der Waals surface area contributed by atoms with E-state index in [9.17, 15) is 32.7 Å². The number of nitrogens with one attached hydrogen (secondary N) is 1. The van der Waals surface area contributed by atoms with Crippen LogP contribution in [-0.4, -0.2) is 32.9 Å². The quantitative estimate of drug-likeness (QED) is 0.599. The van der Waals surface area contributed by atoms with Crippen molar-refractivity contribution in [3.8, 4) is 5.75 Å². The van der Waals surface area contributed by atoms with Gasteiger partial charge in [0.2, 0.25) is 5.43 Å². The molecule has 2 aliphatic heterocycles. The first-order valence-corrected chi connectivity index (χ1v) is 10.9. The van der Waals surface area contributed by atoms with Gasteiger partial charge in [0.15, 0.2) is 23.1 Å². The van der Waals surface area contributed by atoms with Crippen molar-refractivity contribution in [2.24, 2.45) is 0 Å². The van der Waals surface area contributed by atoms with E-state index in [1.165, 1.54) is 27.8 Å². The molecule has 7 nitrogen and oxygen atoms in total. The molecule has 3 heterocycles. The lowest BCUT2D eigenvalue weighted by atomic mass is 10.0. The summed E-state index contributed by atoms with van der Waals surface area (Å²) in [6.07, 6.45) is 1.37. The minimum atomic E-state index is -1.04. The van der Waals surface area contributed by atoms with Crippen molar-refractivity contribution in [3.63, 3.8) is 0 Å². The molecule has 2 bridgehead atoms. The molecule has 0 aliphatic carbocycles. The second-order valence-corrected chi connectivity index (χ2v) is 8.83. The van der Waals surface area contributed by atoms with E-state index in [0.717, 1.165) is 12.1 Å². The van der Waals surface area contributed by atoms with Gasteiger partial charge in [-0.1, -0.05) is 12.1 Å². The van der Waals surface area contributed by atoms with Gasteiger partial charge in [-0.2, -0.15) is 0 Å². The Kier molecular flexibility index (Phi) is 5.38. The molecule has 10 heteroatoms. The molecule has 2 amide bonds. The van der Waals surface area contributed by atoms with Gasteiger partial charge >= 0.3 is 0 Å². The van der Waals surface area contributed by atoms with Crippen LogP contribution in [0.3, 0.4) is 0 Å². The fourth-order valence-corrected chi connectivity index (χ4v) is 4.65. The highest BCUT2D eigenvalue weighted by atomic mass is 19.2. The number of pyridine rings is 1. The third kappa shape index (κ3) is 3.84. The first kappa shape index (κ1) is 22.7. The molecule has 5 rings (SSSR count). The first-order valence-electron chi connectivity index (χ1n) is 10.9. The summed E-state index contributed by atoms with van der Waals surface area (Å²) in [4.78, 5) is 40.0. The Labute approximate surface area is 197 Å². The largest absolute Gasteiger partial charge is 0.503 e. The number of carbonyl (C=O) groups excluding carboxylic acids is 2. The number of rotatable bonds is 3. The van der Waals surface area contributed by atoms with Crippen LogP contribution in [-0.2, 0) is 19.5 Å². The number of amides is 2. The van der Waals surface area contributed by atoms with E-state index >= 15 is 0 Å². The smallest absolute Gasteiger partial charge is 0.274 e. The predicted octanol–water partition coefficient (Wildman–Crippen LogP) is 2.96. The lowest BCUT2D eigenvalue weighted by Crippen LogP contribution is -2.44. The Hall–Kier alpha value is -4.08. The maximum Gasteiger partial charge on any atom is 0.274 e. The maximum atomic E-state index is 14.1. The average molecular weight is 483 g/mol. The van der Waals surface area contributed by atoms with Crippen LogP contribution < -0.4 is 10.7 Å². The Morgan fingerprint density at radius 3 is 2.51 bits per heavy atom. The fraction of sp³-hybridized carbons (Fsp3) is 0.240. The summed E-state index contributed by atoms with van der Waals surface area (Å²) in [6.45, 7) is 1.67. The highest BCUT2D eigenvalue weighted by molar-refractivity contribution is 5.99. The van der Waals surface area contributed by atoms with Gasteiger partial charge in [0.1, 0.15) is 11.4 Å². The molecule has 0 saturated heterocycles. The van der Waals surface area contributed by atoms with Crippen molar-refractivity contribution in [2.75, 3.05) is 6.54 Å². The number of aryl methyl sites for hydroxylation is 1. The number of aromatic hydroxyl groups is 1. The van der Waals surface area contributed by atoms with E-state index < -0.39 is 52.0 Å². The summed E-state index contributed by atoms with van der Waals surface area (Å²) in [5.74, 6) is -4.97. The molecule has 0 spiro atoms. The Bertz CT molecular complexity index is 1470. The highest BCUT2D eigenvalue weighted by Gasteiger charge is 2.38. The topological polar surface area (TPSA) is 91.6 Å². The Balaban J connectivity index is 1.51. The number of benzene rings is 2. The summed E-state index contributed by atoms with van der Waals surface area (Å²) in [5.41, 5.74) is 0.0782. The Morgan fingerprint density at radius 1 is 1.09 bits per heavy atom. The van der Waals surface area contributed by atoms with E-state index in [1.807, 2.05) is 0 Å². The molecule has 1 aromatic heterocycles. The summed E-state index contributed by atoms with van der Waals surface area (Å²) in [5, 5.41) is 13.1. The molecule has 0 radical (unpaired) electrons. The van der Waals surface area contributed by atoms with Crippen molar-refractivity contribution in [2.45, 2.75) is 32.5 Å². The van der Waals surface area contributed by atoms with E-state index in [0.29, 0.717) is 16.7 Å². The van der Waals surface area contributed by atoms with Crippen molar-refractivity contribution in [3.05, 3.63) is 97.7 Å². The van der Waals surface area contributed by atoms with Crippen LogP contribution in [0.15, 0.2) is 41.3 Å². The van der Waals surface area contributed by atoms with Crippen molar-refractivity contribution >= 4 is 11.8 Å². The number of hydrogen-bond donors (Lipinski definition) is 2. The molecule has 2 N–H and O–H groups in total. The van der Waals surface area contributed by atoms with Gasteiger partial charge in [-0.25, -0.2) is 13.2 Å². The molecule has 0 saturated carbocycles.